The highest BCUT2D eigenvalue weighted by Crippen LogP contribution is 2.21. The number of hydrogen-bond acceptors (Lipinski definition) is 5. The fourth-order valence-corrected chi connectivity index (χ4v) is 2.07. The summed E-state index contributed by atoms with van der Waals surface area (Å²) in [5.74, 6) is 1.43. The third-order valence-electron chi connectivity index (χ3n) is 3.09. The Labute approximate surface area is 116 Å². The standard InChI is InChI=1S/C14H14N6/c1-2-3-7-16-14-18-12-6-4-5-11-17-9-10(8-15)13(19-14)20(11)12/h4-6,9,17H,2-3,7H2,1H3. The van der Waals surface area contributed by atoms with Crippen molar-refractivity contribution in [3.05, 3.63) is 35.8 Å². The van der Waals surface area contributed by atoms with Gasteiger partial charge in [0, 0.05) is 12.7 Å². The molecule has 1 aliphatic rings. The molecular weight excluding hydrogens is 252 g/mol. The first-order chi connectivity index (χ1) is 9.83. The van der Waals surface area contributed by atoms with Crippen LogP contribution in [0.25, 0.3) is 11.2 Å². The van der Waals surface area contributed by atoms with E-state index in [4.69, 9.17) is 0 Å². The van der Waals surface area contributed by atoms with E-state index in [9.17, 15) is 5.26 Å². The summed E-state index contributed by atoms with van der Waals surface area (Å²) in [6.07, 6.45) is 3.75. The minimum absolute atomic E-state index is 0.439. The zero-order valence-corrected chi connectivity index (χ0v) is 11.2. The fourth-order valence-electron chi connectivity index (χ4n) is 2.07. The van der Waals surface area contributed by atoms with Gasteiger partial charge in [-0.05, 0) is 18.6 Å². The number of unbranched alkanes of at least 4 members (excludes halogenated alkanes) is 1. The smallest absolute Gasteiger partial charge is 0.248 e. The number of nitriles is 1. The minimum atomic E-state index is 0.439. The highest BCUT2D eigenvalue weighted by Gasteiger charge is 2.15. The maximum atomic E-state index is 9.21. The van der Waals surface area contributed by atoms with Crippen molar-refractivity contribution in [3.8, 4) is 6.07 Å². The third kappa shape index (κ3) is 2.03. The molecule has 0 aromatic carbocycles. The molecule has 20 heavy (non-hydrogen) atoms. The molecule has 0 saturated carbocycles. The number of hydrogen-bond donors (Lipinski definition) is 1. The van der Waals surface area contributed by atoms with Gasteiger partial charge in [0.05, 0.1) is 0 Å². The van der Waals surface area contributed by atoms with E-state index in [1.54, 1.807) is 6.20 Å². The molecule has 0 bridgehead atoms. The lowest BCUT2D eigenvalue weighted by atomic mass is 10.2. The highest BCUT2D eigenvalue weighted by atomic mass is 15.2. The Hall–Kier alpha value is -2.68. The topological polar surface area (TPSA) is 78.4 Å². The number of nitrogens with zero attached hydrogens (tertiary/aromatic N) is 5. The molecule has 0 atom stereocenters. The Kier molecular flexibility index (Phi) is 3.17. The second-order valence-corrected chi connectivity index (χ2v) is 4.50. The van der Waals surface area contributed by atoms with Crippen molar-refractivity contribution in [1.29, 1.82) is 5.26 Å². The molecule has 0 fully saturated rings. The summed E-state index contributed by atoms with van der Waals surface area (Å²) >= 11 is 0. The quantitative estimate of drug-likeness (QED) is 0.858. The summed E-state index contributed by atoms with van der Waals surface area (Å²) in [5.41, 5.74) is 1.65. The molecular formula is C14H14N6. The summed E-state index contributed by atoms with van der Waals surface area (Å²) in [7, 11) is 0. The van der Waals surface area contributed by atoms with Crippen LogP contribution in [0.15, 0.2) is 29.4 Å². The van der Waals surface area contributed by atoms with Gasteiger partial charge < -0.3 is 5.32 Å². The van der Waals surface area contributed by atoms with Gasteiger partial charge in [-0.15, -0.1) is 0 Å². The maximum Gasteiger partial charge on any atom is 0.248 e. The van der Waals surface area contributed by atoms with Gasteiger partial charge in [-0.1, -0.05) is 19.4 Å². The molecule has 1 aliphatic heterocycles. The van der Waals surface area contributed by atoms with Crippen molar-refractivity contribution in [1.82, 2.24) is 14.4 Å². The van der Waals surface area contributed by atoms with E-state index < -0.39 is 0 Å². The first-order valence-corrected chi connectivity index (χ1v) is 6.61. The van der Waals surface area contributed by atoms with E-state index in [0.717, 1.165) is 24.3 Å². The van der Waals surface area contributed by atoms with Gasteiger partial charge in [0.15, 0.2) is 5.82 Å². The average molecular weight is 266 g/mol. The maximum absolute atomic E-state index is 9.21. The lowest BCUT2D eigenvalue weighted by Gasteiger charge is -2.16. The first kappa shape index (κ1) is 12.4. The van der Waals surface area contributed by atoms with Crippen LogP contribution in [0.5, 0.6) is 0 Å². The van der Waals surface area contributed by atoms with E-state index in [-0.39, 0.29) is 0 Å². The Morgan fingerprint density at radius 1 is 1.40 bits per heavy atom. The van der Waals surface area contributed by atoms with E-state index >= 15 is 0 Å². The minimum Gasteiger partial charge on any atom is -0.346 e. The molecule has 2 aromatic heterocycles. The summed E-state index contributed by atoms with van der Waals surface area (Å²) in [5, 5.41) is 12.3. The summed E-state index contributed by atoms with van der Waals surface area (Å²) in [4.78, 5) is 13.2. The molecule has 0 radical (unpaired) electrons. The molecule has 3 heterocycles. The van der Waals surface area contributed by atoms with Gasteiger partial charge in [0.1, 0.15) is 23.1 Å². The van der Waals surface area contributed by atoms with Crippen LogP contribution in [0.1, 0.15) is 25.6 Å². The van der Waals surface area contributed by atoms with E-state index in [0.29, 0.717) is 23.6 Å². The highest BCUT2D eigenvalue weighted by molar-refractivity contribution is 5.78. The predicted octanol–water partition coefficient (Wildman–Crippen LogP) is 1.72. The first-order valence-electron chi connectivity index (χ1n) is 6.61. The second kappa shape index (κ2) is 5.13. The molecule has 0 unspecified atom stereocenters. The average Bonchev–Trinajstić information content (AvgIpc) is 2.48. The summed E-state index contributed by atoms with van der Waals surface area (Å²) in [6, 6.07) is 7.86. The molecule has 0 saturated heterocycles. The zero-order valence-electron chi connectivity index (χ0n) is 11.2. The van der Waals surface area contributed by atoms with Crippen molar-refractivity contribution >= 4 is 17.0 Å². The van der Waals surface area contributed by atoms with Crippen LogP contribution < -0.4 is 10.9 Å². The Morgan fingerprint density at radius 2 is 2.30 bits per heavy atom. The molecule has 100 valence electrons. The molecule has 2 aromatic rings. The third-order valence-corrected chi connectivity index (χ3v) is 3.09. The van der Waals surface area contributed by atoms with E-state index in [2.05, 4.69) is 33.3 Å². The van der Waals surface area contributed by atoms with Crippen LogP contribution in [0.2, 0.25) is 0 Å². The van der Waals surface area contributed by atoms with Gasteiger partial charge in [-0.3, -0.25) is 4.40 Å². The van der Waals surface area contributed by atoms with Gasteiger partial charge in [-0.2, -0.15) is 15.2 Å². The monoisotopic (exact) mass is 266 g/mol. The largest absolute Gasteiger partial charge is 0.346 e. The second-order valence-electron chi connectivity index (χ2n) is 4.50. The van der Waals surface area contributed by atoms with Crippen molar-refractivity contribution in [2.24, 2.45) is 4.99 Å². The Balaban J connectivity index is 2.23. The SMILES string of the molecule is CCCCN=c1nc2n3c(cccc3n1)NC=C2C#N. The number of aromatic nitrogens is 3. The van der Waals surface area contributed by atoms with Gasteiger partial charge in [-0.25, -0.2) is 4.99 Å². The van der Waals surface area contributed by atoms with Crippen LogP contribution in [0.4, 0.5) is 5.82 Å². The van der Waals surface area contributed by atoms with Crippen LogP contribution in [0.3, 0.4) is 0 Å². The molecule has 6 heteroatoms. The van der Waals surface area contributed by atoms with Gasteiger partial charge >= 0.3 is 0 Å². The number of pyridine rings is 1. The number of rotatable bonds is 3. The number of anilines is 1. The number of nitrogens with one attached hydrogen (secondary N) is 1. The molecule has 0 spiro atoms. The van der Waals surface area contributed by atoms with Crippen LogP contribution in [-0.4, -0.2) is 20.9 Å². The lowest BCUT2D eigenvalue weighted by molar-refractivity contribution is 0.768. The summed E-state index contributed by atoms with van der Waals surface area (Å²) in [6.45, 7) is 2.82. The summed E-state index contributed by atoms with van der Waals surface area (Å²) < 4.78 is 1.83. The molecule has 1 N–H and O–H groups in total. The van der Waals surface area contributed by atoms with Crippen molar-refractivity contribution in [2.75, 3.05) is 11.9 Å². The van der Waals surface area contributed by atoms with Crippen molar-refractivity contribution in [2.45, 2.75) is 19.8 Å². The number of allylic oxidation sites excluding steroid dienone is 1. The molecule has 0 amide bonds. The van der Waals surface area contributed by atoms with Crippen LogP contribution >= 0.6 is 0 Å². The Morgan fingerprint density at radius 3 is 3.10 bits per heavy atom. The molecule has 0 aliphatic carbocycles. The van der Waals surface area contributed by atoms with Crippen molar-refractivity contribution in [3.63, 3.8) is 0 Å². The lowest BCUT2D eigenvalue weighted by Crippen LogP contribution is -2.22. The van der Waals surface area contributed by atoms with E-state index in [1.807, 2.05) is 22.6 Å². The predicted molar refractivity (Wildman–Crippen MR) is 75.5 cm³/mol. The molecule has 6 nitrogen and oxygen atoms in total. The normalized spacial score (nSPS) is 13.8. The van der Waals surface area contributed by atoms with Crippen molar-refractivity contribution < 1.29 is 0 Å². The van der Waals surface area contributed by atoms with E-state index in [1.165, 1.54) is 0 Å². The van der Waals surface area contributed by atoms with Crippen LogP contribution in [0, 0.1) is 11.3 Å². The van der Waals surface area contributed by atoms with Crippen LogP contribution in [-0.2, 0) is 0 Å². The fraction of sp³-hybridized carbons (Fsp3) is 0.286. The van der Waals surface area contributed by atoms with Gasteiger partial charge in [0.25, 0.3) is 0 Å². The Bertz CT molecular complexity index is 793. The van der Waals surface area contributed by atoms with Gasteiger partial charge in [0.2, 0.25) is 5.62 Å². The zero-order chi connectivity index (χ0) is 13.9. The molecule has 3 rings (SSSR count).